The molecule has 0 saturated heterocycles. The number of halogens is 1. The Kier molecular flexibility index (Phi) is 118. The maximum Gasteiger partial charge on any atom is 0.0526 e. The van der Waals surface area contributed by atoms with Crippen LogP contribution in [0.1, 0.15) is 0 Å². The summed E-state index contributed by atoms with van der Waals surface area (Å²) < 4.78 is 9.42. The van der Waals surface area contributed by atoms with Crippen LogP contribution in [0.4, 0.5) is 4.20 Å². The second kappa shape index (κ2) is 26.0. The molecule has 0 spiro atoms. The molecule has 0 amide bonds. The Hall–Kier alpha value is 1.40. The number of rotatable bonds is 0. The average molecular weight is 163 g/mol. The Balaban J connectivity index is -0.00000000500. The molecule has 0 saturated carbocycles. The van der Waals surface area contributed by atoms with Crippen molar-refractivity contribution in [2.75, 3.05) is 0 Å². The zero-order valence-electron chi connectivity index (χ0n) is 1.69. The summed E-state index contributed by atoms with van der Waals surface area (Å²) in [6.45, 7) is 0. The molecule has 0 rings (SSSR count). The third-order valence-electron chi connectivity index (χ3n) is 0. The van der Waals surface area contributed by atoms with Crippen LogP contribution >= 0.6 is 9.55 Å². The minimum absolute atomic E-state index is 0. The molecule has 1 unspecified atom stereocenters. The zero-order chi connectivity index (χ0) is 2.00. The third-order valence-corrected chi connectivity index (χ3v) is 0. The van der Waals surface area contributed by atoms with Gasteiger partial charge in [-0.05, 0) is 0 Å². The normalized spacial score (nSPS) is 1.50. The summed E-state index contributed by atoms with van der Waals surface area (Å²) >= 11 is 0. The summed E-state index contributed by atoms with van der Waals surface area (Å²) in [6, 6.07) is 0. The Labute approximate surface area is 48.2 Å². The molecule has 0 nitrogen and oxygen atoms in total. The van der Waals surface area contributed by atoms with E-state index in [0.717, 1.165) is 9.55 Å². The molecule has 4 heteroatoms. The standard InChI is InChI=1S/FH2P.Fe.Mn/c1-2;;/h2H2;;. The third kappa shape index (κ3) is 9.99. The molecule has 29 valence electrons. The fourth-order valence-electron chi connectivity index (χ4n) is 0. The van der Waals surface area contributed by atoms with Gasteiger partial charge in [0.05, 0.1) is 9.55 Å². The van der Waals surface area contributed by atoms with Crippen LogP contribution in [-0.4, -0.2) is 0 Å². The molecule has 0 N–H and O–H groups in total. The van der Waals surface area contributed by atoms with E-state index < -0.39 is 0 Å². The molecule has 0 fully saturated rings. The summed E-state index contributed by atoms with van der Waals surface area (Å²) in [4.78, 5) is 0. The second-order valence-corrected chi connectivity index (χ2v) is 0. The predicted molar refractivity (Wildman–Crippen MR) is 10.8 cm³/mol. The molecule has 0 heterocycles. The van der Waals surface area contributed by atoms with Crippen molar-refractivity contribution in [3.8, 4) is 0 Å². The minimum Gasteiger partial charge on any atom is -0.234 e. The fourth-order valence-corrected chi connectivity index (χ4v) is 0. The molecule has 0 aromatic carbocycles. The van der Waals surface area contributed by atoms with E-state index in [1.165, 1.54) is 0 Å². The first-order valence-electron chi connectivity index (χ1n) is 0.218. The molecular weight excluding hydrogens is 161 g/mol. The van der Waals surface area contributed by atoms with Crippen molar-refractivity contribution in [3.63, 3.8) is 0 Å². The maximum atomic E-state index is 9.42. The van der Waals surface area contributed by atoms with E-state index in [2.05, 4.69) is 0 Å². The van der Waals surface area contributed by atoms with Crippen molar-refractivity contribution in [2.45, 2.75) is 0 Å². The second-order valence-electron chi connectivity index (χ2n) is 0. The Bertz CT molecular complexity index is 8.00. The van der Waals surface area contributed by atoms with E-state index in [4.69, 9.17) is 0 Å². The summed E-state index contributed by atoms with van der Waals surface area (Å²) in [6.07, 6.45) is 0. The van der Waals surface area contributed by atoms with Gasteiger partial charge >= 0.3 is 0 Å². The molecule has 4 heavy (non-hydrogen) atoms. The van der Waals surface area contributed by atoms with Gasteiger partial charge in [0.25, 0.3) is 0 Å². The van der Waals surface area contributed by atoms with Crippen LogP contribution in [0.2, 0.25) is 0 Å². The van der Waals surface area contributed by atoms with Crippen molar-refractivity contribution in [1.82, 2.24) is 0 Å². The molecule has 0 aliphatic rings. The van der Waals surface area contributed by atoms with Gasteiger partial charge in [0.1, 0.15) is 0 Å². The molecule has 0 aromatic heterocycles. The monoisotopic (exact) mass is 163 g/mol. The van der Waals surface area contributed by atoms with E-state index in [0.29, 0.717) is 0 Å². The molecule has 0 aromatic rings. The van der Waals surface area contributed by atoms with Gasteiger partial charge in [-0.15, -0.1) is 0 Å². The summed E-state index contributed by atoms with van der Waals surface area (Å²) in [5.41, 5.74) is 0. The Morgan fingerprint density at radius 1 is 1.25 bits per heavy atom. The topological polar surface area (TPSA) is 0 Å². The minimum atomic E-state index is 0. The van der Waals surface area contributed by atoms with Crippen LogP contribution in [0, 0.1) is 0 Å². The zero-order valence-corrected chi connectivity index (χ0v) is 5.13. The first-order chi connectivity index (χ1) is 1.00. The van der Waals surface area contributed by atoms with E-state index in [1.54, 1.807) is 0 Å². The van der Waals surface area contributed by atoms with E-state index in [-0.39, 0.29) is 34.1 Å². The Morgan fingerprint density at radius 3 is 1.25 bits per heavy atom. The van der Waals surface area contributed by atoms with Gasteiger partial charge < -0.3 is 0 Å². The largest absolute Gasteiger partial charge is 0.234 e. The van der Waals surface area contributed by atoms with Gasteiger partial charge in [-0.3, -0.25) is 0 Å². The van der Waals surface area contributed by atoms with Gasteiger partial charge in [0.2, 0.25) is 0 Å². The van der Waals surface area contributed by atoms with Gasteiger partial charge in [0, 0.05) is 34.1 Å². The van der Waals surface area contributed by atoms with Crippen molar-refractivity contribution in [1.29, 1.82) is 0 Å². The first kappa shape index (κ1) is 18.2. The maximum absolute atomic E-state index is 9.42. The Morgan fingerprint density at radius 2 is 1.25 bits per heavy atom. The number of hydrogen-bond acceptors (Lipinski definition) is 0. The molecule has 1 radical (unpaired) electrons. The van der Waals surface area contributed by atoms with Crippen LogP contribution in [0.25, 0.3) is 0 Å². The molecule has 1 atom stereocenters. The first-order valence-corrected chi connectivity index (χ1v) is 0.655. The quantitative estimate of drug-likeness (QED) is 0.364. The van der Waals surface area contributed by atoms with E-state index in [9.17, 15) is 4.20 Å². The van der Waals surface area contributed by atoms with Gasteiger partial charge in [-0.2, -0.15) is 0 Å². The molecule has 0 bridgehead atoms. The fraction of sp³-hybridized carbons (Fsp3) is 0. The van der Waals surface area contributed by atoms with Crippen LogP contribution in [0.15, 0.2) is 0 Å². The van der Waals surface area contributed by atoms with Crippen molar-refractivity contribution in [3.05, 3.63) is 0 Å². The van der Waals surface area contributed by atoms with Crippen molar-refractivity contribution in [2.24, 2.45) is 0 Å². The molecule has 0 aliphatic carbocycles. The van der Waals surface area contributed by atoms with E-state index >= 15 is 0 Å². The molecular formula is H2FFeMnP. The van der Waals surface area contributed by atoms with Crippen LogP contribution in [-0.2, 0) is 34.1 Å². The van der Waals surface area contributed by atoms with Gasteiger partial charge in [0.15, 0.2) is 0 Å². The summed E-state index contributed by atoms with van der Waals surface area (Å²) in [7, 11) is 0.917. The smallest absolute Gasteiger partial charge is 0.0526 e. The van der Waals surface area contributed by atoms with Crippen molar-refractivity contribution >= 4 is 9.55 Å². The van der Waals surface area contributed by atoms with Gasteiger partial charge in [-0.25, -0.2) is 4.20 Å². The summed E-state index contributed by atoms with van der Waals surface area (Å²) in [5, 5.41) is 0. The van der Waals surface area contributed by atoms with Crippen LogP contribution < -0.4 is 0 Å². The van der Waals surface area contributed by atoms with E-state index in [1.807, 2.05) is 0 Å². The van der Waals surface area contributed by atoms with Crippen LogP contribution in [0.5, 0.6) is 0 Å². The average Bonchev–Trinajstić information content (AvgIpc) is 1.00. The van der Waals surface area contributed by atoms with Gasteiger partial charge in [-0.1, -0.05) is 0 Å². The molecule has 0 aliphatic heterocycles. The summed E-state index contributed by atoms with van der Waals surface area (Å²) in [5.74, 6) is 0. The SMILES string of the molecule is FP.[Fe].[Mn]. The van der Waals surface area contributed by atoms with Crippen molar-refractivity contribution < 1.29 is 38.3 Å². The van der Waals surface area contributed by atoms with Crippen LogP contribution in [0.3, 0.4) is 0 Å². The number of hydrogen-bond donors (Lipinski definition) is 0. The predicted octanol–water partition coefficient (Wildman–Crippen LogP) is 0.741.